The first-order valence-corrected chi connectivity index (χ1v) is 10.7. The van der Waals surface area contributed by atoms with Crippen LogP contribution in [-0.4, -0.2) is 63.8 Å². The van der Waals surface area contributed by atoms with E-state index >= 15 is 0 Å². The molecule has 28 heavy (non-hydrogen) atoms. The Morgan fingerprint density at radius 1 is 1.25 bits per heavy atom. The summed E-state index contributed by atoms with van der Waals surface area (Å²) >= 11 is 0. The van der Waals surface area contributed by atoms with Gasteiger partial charge in [0.2, 0.25) is 0 Å². The number of hydrogen-bond acceptors (Lipinski definition) is 3. The summed E-state index contributed by atoms with van der Waals surface area (Å²) in [4.78, 5) is 7.28. The fourth-order valence-electron chi connectivity index (χ4n) is 4.00. The van der Waals surface area contributed by atoms with Crippen molar-refractivity contribution in [3.8, 4) is 0 Å². The Labute approximate surface area is 168 Å². The number of nitrogens with one attached hydrogen (secondary N) is 2. The van der Waals surface area contributed by atoms with Gasteiger partial charge in [0.05, 0.1) is 13.2 Å². The Hall–Kier alpha value is -1.66. The largest absolute Gasteiger partial charge is 0.383 e. The number of guanidine groups is 1. The van der Waals surface area contributed by atoms with Crippen LogP contribution in [-0.2, 0) is 10.2 Å². The van der Waals surface area contributed by atoms with E-state index in [0.29, 0.717) is 12.5 Å². The maximum atomic E-state index is 14.2. The molecular formula is C22H35FN4O. The normalized spacial score (nSPS) is 20.2. The number of halogens is 1. The molecule has 0 aromatic heterocycles. The topological polar surface area (TPSA) is 48.9 Å². The summed E-state index contributed by atoms with van der Waals surface area (Å²) < 4.78 is 19.4. The van der Waals surface area contributed by atoms with Gasteiger partial charge in [0.15, 0.2) is 5.96 Å². The van der Waals surface area contributed by atoms with E-state index in [1.54, 1.807) is 19.2 Å². The monoisotopic (exact) mass is 390 g/mol. The molecule has 1 aliphatic heterocycles. The van der Waals surface area contributed by atoms with Crippen molar-refractivity contribution in [2.45, 2.75) is 38.0 Å². The van der Waals surface area contributed by atoms with Crippen molar-refractivity contribution in [1.82, 2.24) is 15.5 Å². The first-order valence-electron chi connectivity index (χ1n) is 10.7. The molecule has 1 aliphatic carbocycles. The molecule has 156 valence electrons. The summed E-state index contributed by atoms with van der Waals surface area (Å²) in [6.45, 7) is 8.60. The molecule has 1 aromatic rings. The molecule has 0 amide bonds. The van der Waals surface area contributed by atoms with Gasteiger partial charge in [0, 0.05) is 32.2 Å². The molecule has 1 aromatic carbocycles. The molecular weight excluding hydrogens is 355 g/mol. The van der Waals surface area contributed by atoms with Gasteiger partial charge >= 0.3 is 0 Å². The molecule has 5 nitrogen and oxygen atoms in total. The summed E-state index contributed by atoms with van der Waals surface area (Å²) in [6.07, 6.45) is 4.43. The Balaban J connectivity index is 1.49. The van der Waals surface area contributed by atoms with E-state index in [9.17, 15) is 4.39 Å². The predicted molar refractivity (Wildman–Crippen MR) is 112 cm³/mol. The second kappa shape index (κ2) is 10.2. The second-order valence-electron chi connectivity index (χ2n) is 8.11. The smallest absolute Gasteiger partial charge is 0.191 e. The quantitative estimate of drug-likeness (QED) is 0.503. The van der Waals surface area contributed by atoms with Crippen LogP contribution in [0.2, 0.25) is 0 Å². The number of ether oxygens (including phenoxy) is 1. The van der Waals surface area contributed by atoms with Gasteiger partial charge in [0.1, 0.15) is 5.82 Å². The summed E-state index contributed by atoms with van der Waals surface area (Å²) in [7, 11) is 1.76. The fourth-order valence-corrected chi connectivity index (χ4v) is 4.00. The summed E-state index contributed by atoms with van der Waals surface area (Å²) in [5, 5.41) is 6.86. The van der Waals surface area contributed by atoms with E-state index < -0.39 is 0 Å². The molecule has 2 N–H and O–H groups in total. The summed E-state index contributed by atoms with van der Waals surface area (Å²) in [5.74, 6) is 1.42. The third-order valence-electron chi connectivity index (χ3n) is 6.06. The summed E-state index contributed by atoms with van der Waals surface area (Å²) in [5.41, 5.74) is 0.707. The fraction of sp³-hybridized carbons (Fsp3) is 0.682. The van der Waals surface area contributed by atoms with Gasteiger partial charge < -0.3 is 20.3 Å². The standard InChI is InChI=1S/C22H35FN4O/c1-3-24-21(25-16-18-8-12-27(13-9-18)14-15-28-2)26-17-22(10-11-22)19-6-4-5-7-20(19)23/h4-7,18H,3,8-17H2,1-2H3,(H2,24,25,26). The molecule has 0 spiro atoms. The van der Waals surface area contributed by atoms with Crippen molar-refractivity contribution in [1.29, 1.82) is 0 Å². The van der Waals surface area contributed by atoms with Crippen molar-refractivity contribution in [2.24, 2.45) is 10.9 Å². The van der Waals surface area contributed by atoms with Crippen molar-refractivity contribution in [3.05, 3.63) is 35.6 Å². The minimum atomic E-state index is -0.111. The third-order valence-corrected chi connectivity index (χ3v) is 6.06. The minimum absolute atomic E-state index is 0.103. The summed E-state index contributed by atoms with van der Waals surface area (Å²) in [6, 6.07) is 7.15. The average molecular weight is 391 g/mol. The first-order chi connectivity index (χ1) is 13.7. The van der Waals surface area contributed by atoms with Gasteiger partial charge in [-0.25, -0.2) is 4.39 Å². The number of hydrogen-bond donors (Lipinski definition) is 2. The van der Waals surface area contributed by atoms with Gasteiger partial charge in [0.25, 0.3) is 0 Å². The van der Waals surface area contributed by atoms with E-state index in [0.717, 1.165) is 63.7 Å². The number of rotatable bonds is 9. The maximum Gasteiger partial charge on any atom is 0.191 e. The molecule has 2 fully saturated rings. The van der Waals surface area contributed by atoms with Gasteiger partial charge in [-0.3, -0.25) is 4.99 Å². The van der Waals surface area contributed by atoms with Gasteiger partial charge in [-0.15, -0.1) is 0 Å². The number of piperidine rings is 1. The number of methoxy groups -OCH3 is 1. The molecule has 6 heteroatoms. The van der Waals surface area contributed by atoms with Crippen LogP contribution >= 0.6 is 0 Å². The van der Waals surface area contributed by atoms with Crippen LogP contribution in [0.3, 0.4) is 0 Å². The van der Waals surface area contributed by atoms with E-state index in [1.165, 1.54) is 12.8 Å². The zero-order valence-corrected chi connectivity index (χ0v) is 17.3. The van der Waals surface area contributed by atoms with Crippen molar-refractivity contribution in [3.63, 3.8) is 0 Å². The zero-order valence-electron chi connectivity index (χ0n) is 17.3. The highest BCUT2D eigenvalue weighted by Crippen LogP contribution is 2.49. The van der Waals surface area contributed by atoms with Crippen LogP contribution in [0.1, 0.15) is 38.2 Å². The average Bonchev–Trinajstić information content (AvgIpc) is 3.50. The maximum absolute atomic E-state index is 14.2. The van der Waals surface area contributed by atoms with Crippen LogP contribution < -0.4 is 10.6 Å². The predicted octanol–water partition coefficient (Wildman–Crippen LogP) is 2.77. The van der Waals surface area contributed by atoms with Gasteiger partial charge in [-0.2, -0.15) is 0 Å². The molecule has 0 radical (unpaired) electrons. The lowest BCUT2D eigenvalue weighted by Gasteiger charge is -2.32. The lowest BCUT2D eigenvalue weighted by atomic mass is 9.95. The number of nitrogens with zero attached hydrogens (tertiary/aromatic N) is 2. The van der Waals surface area contributed by atoms with Crippen LogP contribution in [0.15, 0.2) is 29.3 Å². The molecule has 0 unspecified atom stereocenters. The number of aliphatic imine (C=N–C) groups is 1. The van der Waals surface area contributed by atoms with E-state index in [4.69, 9.17) is 9.73 Å². The zero-order chi connectivity index (χ0) is 19.8. The lowest BCUT2D eigenvalue weighted by Crippen LogP contribution is -2.43. The highest BCUT2D eigenvalue weighted by Gasteiger charge is 2.45. The Morgan fingerprint density at radius 2 is 2.00 bits per heavy atom. The Kier molecular flexibility index (Phi) is 7.68. The third kappa shape index (κ3) is 5.67. The van der Waals surface area contributed by atoms with Crippen LogP contribution in [0, 0.1) is 11.7 Å². The number of benzene rings is 1. The lowest BCUT2D eigenvalue weighted by molar-refractivity contribution is 0.121. The SMILES string of the molecule is CCNC(=NCC1(c2ccccc2F)CC1)NCC1CCN(CCOC)CC1. The Morgan fingerprint density at radius 3 is 2.64 bits per heavy atom. The van der Waals surface area contributed by atoms with Gasteiger partial charge in [-0.1, -0.05) is 18.2 Å². The van der Waals surface area contributed by atoms with E-state index in [1.807, 2.05) is 12.1 Å². The van der Waals surface area contributed by atoms with Crippen LogP contribution in [0.5, 0.6) is 0 Å². The molecule has 3 rings (SSSR count). The first kappa shape index (κ1) is 21.1. The second-order valence-corrected chi connectivity index (χ2v) is 8.11. The minimum Gasteiger partial charge on any atom is -0.383 e. The molecule has 1 heterocycles. The number of likely N-dealkylation sites (tertiary alicyclic amines) is 1. The molecule has 1 saturated heterocycles. The molecule has 0 bridgehead atoms. The van der Waals surface area contributed by atoms with Crippen molar-refractivity contribution < 1.29 is 9.13 Å². The molecule has 0 atom stereocenters. The molecule has 2 aliphatic rings. The van der Waals surface area contributed by atoms with Crippen molar-refractivity contribution >= 4 is 5.96 Å². The van der Waals surface area contributed by atoms with Gasteiger partial charge in [-0.05, 0) is 63.2 Å². The highest BCUT2D eigenvalue weighted by atomic mass is 19.1. The highest BCUT2D eigenvalue weighted by molar-refractivity contribution is 5.79. The van der Waals surface area contributed by atoms with Crippen LogP contribution in [0.25, 0.3) is 0 Å². The van der Waals surface area contributed by atoms with Crippen LogP contribution in [0.4, 0.5) is 4.39 Å². The van der Waals surface area contributed by atoms with E-state index in [-0.39, 0.29) is 11.2 Å². The molecule has 1 saturated carbocycles. The van der Waals surface area contributed by atoms with Crippen molar-refractivity contribution in [2.75, 3.05) is 53.0 Å². The van der Waals surface area contributed by atoms with E-state index in [2.05, 4.69) is 22.5 Å². The Bertz CT molecular complexity index is 639.